The van der Waals surface area contributed by atoms with E-state index in [1.54, 1.807) is 12.1 Å². The number of hydrogen-bond acceptors (Lipinski definition) is 4. The van der Waals surface area contributed by atoms with Crippen LogP contribution >= 0.6 is 0 Å². The zero-order valence-corrected chi connectivity index (χ0v) is 8.03. The minimum Gasteiger partial charge on any atom is -0.475 e. The van der Waals surface area contributed by atoms with Gasteiger partial charge in [-0.25, -0.2) is 4.79 Å². The maximum absolute atomic E-state index is 11.0. The molecule has 0 atom stereocenters. The van der Waals surface area contributed by atoms with Gasteiger partial charge in [0.15, 0.2) is 5.65 Å². The first-order valence-electron chi connectivity index (χ1n) is 4.59. The Morgan fingerprint density at radius 2 is 2.06 bits per heavy atom. The van der Waals surface area contributed by atoms with Gasteiger partial charge in [0, 0.05) is 0 Å². The highest BCUT2D eigenvalue weighted by atomic mass is 16.4. The number of rotatable bonds is 1. The van der Waals surface area contributed by atoms with Gasteiger partial charge in [0.1, 0.15) is 0 Å². The van der Waals surface area contributed by atoms with E-state index in [9.17, 15) is 4.79 Å². The van der Waals surface area contributed by atoms with Crippen LogP contribution in [0.15, 0.2) is 30.5 Å². The molecule has 0 bridgehead atoms. The van der Waals surface area contributed by atoms with Crippen molar-refractivity contribution < 1.29 is 9.90 Å². The largest absolute Gasteiger partial charge is 0.475 e. The second kappa shape index (κ2) is 2.99. The van der Waals surface area contributed by atoms with E-state index >= 15 is 0 Å². The third-order valence-corrected chi connectivity index (χ3v) is 2.32. The lowest BCUT2D eigenvalue weighted by Gasteiger charge is -2.00. The van der Waals surface area contributed by atoms with E-state index in [0.717, 1.165) is 0 Å². The van der Waals surface area contributed by atoms with Gasteiger partial charge in [-0.15, -0.1) is 10.2 Å². The molecule has 0 fully saturated rings. The van der Waals surface area contributed by atoms with Crippen molar-refractivity contribution in [2.75, 3.05) is 0 Å². The van der Waals surface area contributed by atoms with Gasteiger partial charge in [-0.3, -0.25) is 9.38 Å². The molecule has 0 saturated carbocycles. The van der Waals surface area contributed by atoms with Gasteiger partial charge in [-0.05, 0) is 12.1 Å². The number of carboxylic acid groups (broad SMARTS) is 1. The van der Waals surface area contributed by atoms with Crippen molar-refractivity contribution in [3.63, 3.8) is 0 Å². The molecular weight excluding hydrogens is 208 g/mol. The first-order chi connectivity index (χ1) is 7.77. The number of nitrogens with zero attached hydrogens (tertiary/aromatic N) is 4. The normalized spacial score (nSPS) is 11.0. The Kier molecular flexibility index (Phi) is 1.64. The number of carbonyl (C=O) groups is 1. The Morgan fingerprint density at radius 1 is 1.25 bits per heavy atom. The average Bonchev–Trinajstić information content (AvgIpc) is 2.73. The van der Waals surface area contributed by atoms with E-state index in [-0.39, 0.29) is 5.82 Å². The van der Waals surface area contributed by atoms with Gasteiger partial charge in [-0.2, -0.15) is 0 Å². The molecule has 0 radical (unpaired) electrons. The van der Waals surface area contributed by atoms with E-state index in [4.69, 9.17) is 5.11 Å². The number of aromatic carboxylic acids is 1. The highest BCUT2D eigenvalue weighted by molar-refractivity contribution is 5.88. The predicted molar refractivity (Wildman–Crippen MR) is 55.2 cm³/mol. The molecule has 3 aromatic rings. The van der Waals surface area contributed by atoms with Gasteiger partial charge >= 0.3 is 5.97 Å². The Hall–Kier alpha value is -2.50. The van der Waals surface area contributed by atoms with Gasteiger partial charge in [0.2, 0.25) is 5.82 Å². The summed E-state index contributed by atoms with van der Waals surface area (Å²) in [6, 6.07) is 7.24. The second-order valence-corrected chi connectivity index (χ2v) is 3.27. The Labute approximate surface area is 89.2 Å². The van der Waals surface area contributed by atoms with Crippen LogP contribution in [0.2, 0.25) is 0 Å². The summed E-state index contributed by atoms with van der Waals surface area (Å²) in [7, 11) is 0. The Bertz CT molecular complexity index is 704. The standard InChI is InChI=1S/C10H6N4O2/c15-10(16)9-13-12-8-5-11-6-3-1-2-4-7(6)14(8)9/h1-5H,(H,15,16). The Balaban J connectivity index is 2.56. The lowest BCUT2D eigenvalue weighted by molar-refractivity contribution is 0.0682. The van der Waals surface area contributed by atoms with E-state index in [1.165, 1.54) is 10.6 Å². The Morgan fingerprint density at radius 3 is 2.88 bits per heavy atom. The van der Waals surface area contributed by atoms with Crippen molar-refractivity contribution in [2.45, 2.75) is 0 Å². The van der Waals surface area contributed by atoms with Crippen molar-refractivity contribution in [3.05, 3.63) is 36.3 Å². The fourth-order valence-corrected chi connectivity index (χ4v) is 1.65. The van der Waals surface area contributed by atoms with Crippen LogP contribution in [0.1, 0.15) is 10.6 Å². The molecule has 16 heavy (non-hydrogen) atoms. The minimum atomic E-state index is -1.11. The zero-order valence-electron chi connectivity index (χ0n) is 8.03. The lowest BCUT2D eigenvalue weighted by Crippen LogP contribution is -2.04. The third kappa shape index (κ3) is 1.07. The molecule has 6 nitrogen and oxygen atoms in total. The van der Waals surface area contributed by atoms with Crippen LogP contribution in [-0.4, -0.2) is 30.7 Å². The van der Waals surface area contributed by atoms with Crippen molar-refractivity contribution in [2.24, 2.45) is 0 Å². The molecule has 2 aromatic heterocycles. The van der Waals surface area contributed by atoms with Crippen molar-refractivity contribution in [3.8, 4) is 0 Å². The van der Waals surface area contributed by atoms with Crippen LogP contribution in [0.4, 0.5) is 0 Å². The number of para-hydroxylation sites is 2. The van der Waals surface area contributed by atoms with E-state index in [2.05, 4.69) is 15.2 Å². The maximum atomic E-state index is 11.0. The molecule has 0 unspecified atom stereocenters. The molecule has 1 N–H and O–H groups in total. The van der Waals surface area contributed by atoms with Gasteiger partial charge < -0.3 is 5.11 Å². The summed E-state index contributed by atoms with van der Waals surface area (Å²) in [5.74, 6) is -1.21. The average molecular weight is 214 g/mol. The molecule has 6 heteroatoms. The summed E-state index contributed by atoms with van der Waals surface area (Å²) < 4.78 is 1.48. The van der Waals surface area contributed by atoms with Crippen LogP contribution < -0.4 is 0 Å². The second-order valence-electron chi connectivity index (χ2n) is 3.27. The molecule has 3 rings (SSSR count). The molecule has 0 aliphatic rings. The summed E-state index contributed by atoms with van der Waals surface area (Å²) in [4.78, 5) is 15.1. The molecule has 78 valence electrons. The summed E-state index contributed by atoms with van der Waals surface area (Å²) in [6.45, 7) is 0. The van der Waals surface area contributed by atoms with Crippen LogP contribution in [0.25, 0.3) is 16.7 Å². The lowest BCUT2D eigenvalue weighted by atomic mass is 10.3. The summed E-state index contributed by atoms with van der Waals surface area (Å²) in [5, 5.41) is 16.4. The highest BCUT2D eigenvalue weighted by Crippen LogP contribution is 2.14. The minimum absolute atomic E-state index is 0.103. The number of carboxylic acids is 1. The van der Waals surface area contributed by atoms with Crippen LogP contribution in [0.3, 0.4) is 0 Å². The molecule has 0 spiro atoms. The monoisotopic (exact) mass is 214 g/mol. The summed E-state index contributed by atoms with van der Waals surface area (Å²) in [5.41, 5.74) is 1.82. The molecule has 2 heterocycles. The van der Waals surface area contributed by atoms with E-state index < -0.39 is 5.97 Å². The topological polar surface area (TPSA) is 80.4 Å². The number of fused-ring (bicyclic) bond motifs is 3. The van der Waals surface area contributed by atoms with Crippen LogP contribution in [0.5, 0.6) is 0 Å². The number of benzene rings is 1. The van der Waals surface area contributed by atoms with Crippen molar-refractivity contribution >= 4 is 22.6 Å². The third-order valence-electron chi connectivity index (χ3n) is 2.32. The van der Waals surface area contributed by atoms with Crippen molar-refractivity contribution in [1.82, 2.24) is 19.6 Å². The number of hydrogen-bond donors (Lipinski definition) is 1. The predicted octanol–water partition coefficient (Wildman–Crippen LogP) is 0.976. The van der Waals surface area contributed by atoms with Gasteiger partial charge in [-0.1, -0.05) is 12.1 Å². The molecule has 1 aromatic carbocycles. The fourth-order valence-electron chi connectivity index (χ4n) is 1.65. The van der Waals surface area contributed by atoms with Gasteiger partial charge in [0.25, 0.3) is 0 Å². The molecule has 0 amide bonds. The first kappa shape index (κ1) is 8.78. The van der Waals surface area contributed by atoms with Crippen LogP contribution in [-0.2, 0) is 0 Å². The smallest absolute Gasteiger partial charge is 0.374 e. The summed E-state index contributed by atoms with van der Waals surface area (Å²) >= 11 is 0. The zero-order chi connectivity index (χ0) is 11.1. The number of aromatic nitrogens is 4. The fraction of sp³-hybridized carbons (Fsp3) is 0. The molecule has 0 aliphatic carbocycles. The molecule has 0 saturated heterocycles. The van der Waals surface area contributed by atoms with Crippen molar-refractivity contribution in [1.29, 1.82) is 0 Å². The van der Waals surface area contributed by atoms with E-state index in [0.29, 0.717) is 16.7 Å². The quantitative estimate of drug-likeness (QED) is 0.653. The van der Waals surface area contributed by atoms with Gasteiger partial charge in [0.05, 0.1) is 17.2 Å². The maximum Gasteiger partial charge on any atom is 0.374 e. The first-order valence-corrected chi connectivity index (χ1v) is 4.59. The molecular formula is C10H6N4O2. The van der Waals surface area contributed by atoms with Crippen LogP contribution in [0, 0.1) is 0 Å². The highest BCUT2D eigenvalue weighted by Gasteiger charge is 2.14. The summed E-state index contributed by atoms with van der Waals surface area (Å²) in [6.07, 6.45) is 1.50. The van der Waals surface area contributed by atoms with E-state index in [1.807, 2.05) is 12.1 Å². The SMILES string of the molecule is O=C(O)c1nnc2cnc3ccccc3n12. The molecule has 0 aliphatic heterocycles.